The zero-order valence-electron chi connectivity index (χ0n) is 9.36. The van der Waals surface area contributed by atoms with Crippen LogP contribution in [-0.2, 0) is 4.79 Å². The second-order valence-electron chi connectivity index (χ2n) is 5.12. The molecule has 0 aromatic heterocycles. The summed E-state index contributed by atoms with van der Waals surface area (Å²) >= 11 is 0. The van der Waals surface area contributed by atoms with Crippen molar-refractivity contribution >= 4 is 5.91 Å². The summed E-state index contributed by atoms with van der Waals surface area (Å²) in [4.78, 5) is 13.5. The first-order valence-electron chi connectivity index (χ1n) is 5.88. The van der Waals surface area contributed by atoms with E-state index in [9.17, 15) is 4.79 Å². The van der Waals surface area contributed by atoms with Crippen LogP contribution in [0.3, 0.4) is 0 Å². The van der Waals surface area contributed by atoms with Crippen molar-refractivity contribution in [2.45, 2.75) is 50.7 Å². The summed E-state index contributed by atoms with van der Waals surface area (Å²) in [6.07, 6.45) is 4.65. The predicted molar refractivity (Wildman–Crippen MR) is 59.1 cm³/mol. The van der Waals surface area contributed by atoms with Gasteiger partial charge in [0, 0.05) is 30.6 Å². The molecule has 0 aromatic rings. The van der Waals surface area contributed by atoms with Crippen LogP contribution >= 0.6 is 0 Å². The van der Waals surface area contributed by atoms with Crippen LogP contribution in [-0.4, -0.2) is 35.5 Å². The van der Waals surface area contributed by atoms with Crippen molar-refractivity contribution in [2.24, 2.45) is 17.4 Å². The molecular formula is C11H21N3O. The number of hydrogen-bond donors (Lipinski definition) is 2. The molecule has 4 heteroatoms. The summed E-state index contributed by atoms with van der Waals surface area (Å²) in [5.74, 6) is -0.230. The van der Waals surface area contributed by atoms with Gasteiger partial charge in [-0.2, -0.15) is 0 Å². The van der Waals surface area contributed by atoms with E-state index in [4.69, 9.17) is 11.5 Å². The molecule has 2 fully saturated rings. The van der Waals surface area contributed by atoms with Crippen LogP contribution in [0.25, 0.3) is 0 Å². The van der Waals surface area contributed by atoms with Crippen molar-refractivity contribution in [2.75, 3.05) is 6.54 Å². The Kier molecular flexibility index (Phi) is 2.98. The maximum Gasteiger partial charge on any atom is 0.221 e. The van der Waals surface area contributed by atoms with Crippen molar-refractivity contribution < 1.29 is 4.79 Å². The molecule has 2 aliphatic heterocycles. The van der Waals surface area contributed by atoms with Gasteiger partial charge in [-0.05, 0) is 25.7 Å². The predicted octanol–water partition coefficient (Wildman–Crippen LogP) is 0.0619. The number of rotatable bonds is 3. The van der Waals surface area contributed by atoms with Gasteiger partial charge in [0.05, 0.1) is 0 Å². The van der Waals surface area contributed by atoms with Crippen LogP contribution < -0.4 is 11.5 Å². The highest BCUT2D eigenvalue weighted by atomic mass is 16.1. The van der Waals surface area contributed by atoms with Crippen LogP contribution in [0.4, 0.5) is 0 Å². The number of nitrogens with two attached hydrogens (primary N) is 2. The lowest BCUT2D eigenvalue weighted by molar-refractivity contribution is -0.122. The average molecular weight is 211 g/mol. The normalized spacial score (nSPS) is 37.9. The Morgan fingerprint density at radius 3 is 2.40 bits per heavy atom. The number of nitrogens with zero attached hydrogens (tertiary/aromatic N) is 1. The smallest absolute Gasteiger partial charge is 0.221 e. The van der Waals surface area contributed by atoms with Crippen LogP contribution in [0.5, 0.6) is 0 Å². The molecule has 4 nitrogen and oxygen atoms in total. The molecule has 0 radical (unpaired) electrons. The summed E-state index contributed by atoms with van der Waals surface area (Å²) < 4.78 is 0. The molecule has 2 bridgehead atoms. The molecule has 2 aliphatic rings. The Labute approximate surface area is 91.0 Å². The molecule has 0 saturated carbocycles. The Balaban J connectivity index is 1.96. The number of hydrogen-bond acceptors (Lipinski definition) is 3. The summed E-state index contributed by atoms with van der Waals surface area (Å²) in [6.45, 7) is 2.73. The van der Waals surface area contributed by atoms with Crippen molar-refractivity contribution in [1.82, 2.24) is 4.90 Å². The lowest BCUT2D eigenvalue weighted by Crippen LogP contribution is -2.49. The first-order valence-corrected chi connectivity index (χ1v) is 5.88. The molecule has 2 rings (SSSR count). The molecule has 86 valence electrons. The van der Waals surface area contributed by atoms with E-state index in [1.807, 2.05) is 6.92 Å². The number of carbonyl (C=O) groups is 1. The van der Waals surface area contributed by atoms with Crippen LogP contribution in [0, 0.1) is 5.92 Å². The molecular weight excluding hydrogens is 190 g/mol. The molecule has 2 heterocycles. The van der Waals surface area contributed by atoms with Gasteiger partial charge in [0.1, 0.15) is 0 Å². The van der Waals surface area contributed by atoms with E-state index in [-0.39, 0.29) is 11.8 Å². The zero-order chi connectivity index (χ0) is 11.0. The maximum absolute atomic E-state index is 11.0. The Hall–Kier alpha value is -0.610. The molecule has 2 saturated heterocycles. The van der Waals surface area contributed by atoms with Crippen molar-refractivity contribution in [3.8, 4) is 0 Å². The third-order valence-corrected chi connectivity index (χ3v) is 3.89. The first-order chi connectivity index (χ1) is 7.08. The summed E-state index contributed by atoms with van der Waals surface area (Å²) in [5, 5.41) is 0. The molecule has 3 atom stereocenters. The summed E-state index contributed by atoms with van der Waals surface area (Å²) in [6, 6.07) is 1.56. The van der Waals surface area contributed by atoms with Crippen molar-refractivity contribution in [3.63, 3.8) is 0 Å². The minimum atomic E-state index is -0.190. The van der Waals surface area contributed by atoms with E-state index in [0.717, 1.165) is 19.4 Å². The third-order valence-electron chi connectivity index (χ3n) is 3.89. The van der Waals surface area contributed by atoms with E-state index in [2.05, 4.69) is 4.90 Å². The van der Waals surface area contributed by atoms with Gasteiger partial charge in [0.25, 0.3) is 0 Å². The highest BCUT2D eigenvalue weighted by Crippen LogP contribution is 2.35. The standard InChI is InChI=1S/C11H21N3O/c1-7(11(13)15)6-14-9-2-3-10(14)5-8(12)4-9/h7-10H,2-6,12H2,1H3,(H2,13,15). The Morgan fingerprint density at radius 2 is 1.93 bits per heavy atom. The molecule has 0 aromatic carbocycles. The topological polar surface area (TPSA) is 72.3 Å². The van der Waals surface area contributed by atoms with Crippen molar-refractivity contribution in [3.05, 3.63) is 0 Å². The fraction of sp³-hybridized carbons (Fsp3) is 0.909. The summed E-state index contributed by atoms with van der Waals surface area (Å²) in [7, 11) is 0. The van der Waals surface area contributed by atoms with Gasteiger partial charge in [0.15, 0.2) is 0 Å². The third kappa shape index (κ3) is 2.16. The first kappa shape index (κ1) is 10.9. The Bertz CT molecular complexity index is 242. The number of amides is 1. The molecule has 4 N–H and O–H groups in total. The highest BCUT2D eigenvalue weighted by molar-refractivity contribution is 5.76. The van der Waals surface area contributed by atoms with Gasteiger partial charge in [-0.25, -0.2) is 0 Å². The minimum absolute atomic E-state index is 0.0394. The van der Waals surface area contributed by atoms with E-state index in [0.29, 0.717) is 18.1 Å². The zero-order valence-corrected chi connectivity index (χ0v) is 9.36. The van der Waals surface area contributed by atoms with Gasteiger partial charge >= 0.3 is 0 Å². The minimum Gasteiger partial charge on any atom is -0.369 e. The molecule has 0 aliphatic carbocycles. The molecule has 3 unspecified atom stereocenters. The van der Waals surface area contributed by atoms with Gasteiger partial charge < -0.3 is 11.5 Å². The van der Waals surface area contributed by atoms with Gasteiger partial charge in [0.2, 0.25) is 5.91 Å². The van der Waals surface area contributed by atoms with Gasteiger partial charge in [-0.1, -0.05) is 6.92 Å². The summed E-state index contributed by atoms with van der Waals surface area (Å²) in [5.41, 5.74) is 11.3. The fourth-order valence-electron chi connectivity index (χ4n) is 3.02. The largest absolute Gasteiger partial charge is 0.369 e. The second kappa shape index (κ2) is 4.10. The van der Waals surface area contributed by atoms with Crippen LogP contribution in [0.1, 0.15) is 32.6 Å². The number of primary amides is 1. The molecule has 1 amide bonds. The lowest BCUT2D eigenvalue weighted by Gasteiger charge is -2.38. The van der Waals surface area contributed by atoms with Gasteiger partial charge in [-0.3, -0.25) is 9.69 Å². The van der Waals surface area contributed by atoms with E-state index in [1.165, 1.54) is 12.8 Å². The van der Waals surface area contributed by atoms with Crippen LogP contribution in [0.15, 0.2) is 0 Å². The van der Waals surface area contributed by atoms with Gasteiger partial charge in [-0.15, -0.1) is 0 Å². The molecule has 15 heavy (non-hydrogen) atoms. The maximum atomic E-state index is 11.0. The van der Waals surface area contributed by atoms with E-state index in [1.54, 1.807) is 0 Å². The second-order valence-corrected chi connectivity index (χ2v) is 5.12. The quantitative estimate of drug-likeness (QED) is 0.693. The number of piperidine rings is 1. The van der Waals surface area contributed by atoms with E-state index >= 15 is 0 Å². The van der Waals surface area contributed by atoms with Crippen LogP contribution in [0.2, 0.25) is 0 Å². The fourth-order valence-corrected chi connectivity index (χ4v) is 3.02. The van der Waals surface area contributed by atoms with E-state index < -0.39 is 0 Å². The highest BCUT2D eigenvalue weighted by Gasteiger charge is 2.40. The van der Waals surface area contributed by atoms with Crippen molar-refractivity contribution in [1.29, 1.82) is 0 Å². The monoisotopic (exact) mass is 211 g/mol. The Morgan fingerprint density at radius 1 is 1.40 bits per heavy atom. The average Bonchev–Trinajstić information content (AvgIpc) is 2.42. The SMILES string of the molecule is CC(CN1C2CCC1CC(N)C2)C(N)=O. The lowest BCUT2D eigenvalue weighted by atomic mass is 9.96. The molecule has 0 spiro atoms. The number of carbonyl (C=O) groups excluding carboxylic acids is 1. The number of fused-ring (bicyclic) bond motifs is 2.